The molecule has 1 aliphatic rings. The average molecular weight is 380 g/mol. The minimum atomic E-state index is -0.107. The third kappa shape index (κ3) is 4.25. The molecule has 1 amide bonds. The zero-order valence-electron chi connectivity index (χ0n) is 15.9. The van der Waals surface area contributed by atoms with E-state index < -0.39 is 0 Å². The van der Waals surface area contributed by atoms with Crippen LogP contribution in [0.15, 0.2) is 43.0 Å². The van der Waals surface area contributed by atoms with Crippen molar-refractivity contribution in [3.8, 4) is 0 Å². The molecular weight excluding hydrogens is 356 g/mol. The molecule has 0 saturated heterocycles. The van der Waals surface area contributed by atoms with E-state index in [1.54, 1.807) is 17.2 Å². The zero-order chi connectivity index (χ0) is 19.3. The first-order valence-corrected chi connectivity index (χ1v) is 9.47. The lowest BCUT2D eigenvalue weighted by Gasteiger charge is -2.28. The molecule has 28 heavy (non-hydrogen) atoms. The third-order valence-electron chi connectivity index (χ3n) is 5.10. The van der Waals surface area contributed by atoms with E-state index in [-0.39, 0.29) is 18.5 Å². The van der Waals surface area contributed by atoms with Crippen molar-refractivity contribution >= 4 is 5.91 Å². The first kappa shape index (κ1) is 18.3. The molecule has 0 bridgehead atoms. The molecule has 1 aromatic carbocycles. The number of benzene rings is 1. The number of nitrogens with zero attached hydrogens (tertiary/aromatic N) is 7. The van der Waals surface area contributed by atoms with Gasteiger partial charge in [0.2, 0.25) is 5.91 Å². The molecule has 2 aromatic heterocycles. The van der Waals surface area contributed by atoms with Crippen LogP contribution in [0.3, 0.4) is 0 Å². The number of fused-ring (bicyclic) bond motifs is 1. The summed E-state index contributed by atoms with van der Waals surface area (Å²) in [5.41, 5.74) is 2.75. The van der Waals surface area contributed by atoms with E-state index in [9.17, 15) is 4.79 Å². The predicted molar refractivity (Wildman–Crippen MR) is 102 cm³/mol. The van der Waals surface area contributed by atoms with Gasteiger partial charge in [-0.15, -0.1) is 5.10 Å². The minimum absolute atomic E-state index is 0.107. The van der Waals surface area contributed by atoms with Gasteiger partial charge in [-0.3, -0.25) is 9.69 Å². The lowest BCUT2D eigenvalue weighted by Crippen LogP contribution is -2.34. The van der Waals surface area contributed by atoms with Gasteiger partial charge in [-0.05, 0) is 34.9 Å². The average Bonchev–Trinajstić information content (AvgIpc) is 3.39. The Morgan fingerprint density at radius 2 is 2.14 bits per heavy atom. The van der Waals surface area contributed by atoms with Gasteiger partial charge in [-0.2, -0.15) is 0 Å². The van der Waals surface area contributed by atoms with Crippen LogP contribution in [0.25, 0.3) is 0 Å². The van der Waals surface area contributed by atoms with Gasteiger partial charge in [0.1, 0.15) is 6.54 Å². The van der Waals surface area contributed by atoms with Gasteiger partial charge < -0.3 is 9.88 Å². The number of hydrogen-bond donors (Lipinski definition) is 1. The highest BCUT2D eigenvalue weighted by Crippen LogP contribution is 2.19. The van der Waals surface area contributed by atoms with Crippen LogP contribution in [0, 0.1) is 0 Å². The van der Waals surface area contributed by atoms with E-state index in [0.717, 1.165) is 19.5 Å². The Morgan fingerprint density at radius 1 is 1.29 bits per heavy atom. The molecule has 4 rings (SSSR count). The molecule has 9 nitrogen and oxygen atoms in total. The van der Waals surface area contributed by atoms with E-state index in [2.05, 4.69) is 55.0 Å². The lowest BCUT2D eigenvalue weighted by atomic mass is 10.00. The fourth-order valence-corrected chi connectivity index (χ4v) is 3.44. The molecule has 1 N–H and O–H groups in total. The number of carbonyl (C=O) groups is 1. The maximum Gasteiger partial charge on any atom is 0.241 e. The van der Waals surface area contributed by atoms with Crippen LogP contribution >= 0.6 is 0 Å². The number of nitrogens with one attached hydrogen (secondary N) is 1. The maximum atomic E-state index is 12.3. The van der Waals surface area contributed by atoms with E-state index in [4.69, 9.17) is 0 Å². The van der Waals surface area contributed by atoms with E-state index in [1.807, 2.05) is 17.7 Å². The van der Waals surface area contributed by atoms with Gasteiger partial charge in [0.05, 0.1) is 12.9 Å². The van der Waals surface area contributed by atoms with Gasteiger partial charge in [0.15, 0.2) is 5.82 Å². The first-order valence-electron chi connectivity index (χ1n) is 9.47. The zero-order valence-corrected chi connectivity index (χ0v) is 15.9. The largest absolute Gasteiger partial charge is 0.352 e. The lowest BCUT2D eigenvalue weighted by molar-refractivity contribution is -0.122. The number of amides is 1. The molecule has 1 atom stereocenters. The van der Waals surface area contributed by atoms with Crippen molar-refractivity contribution in [3.63, 3.8) is 0 Å². The predicted octanol–water partition coefficient (Wildman–Crippen LogP) is 0.805. The van der Waals surface area contributed by atoms with E-state index in [0.29, 0.717) is 18.9 Å². The number of carbonyl (C=O) groups excluding carboxylic acids is 1. The molecule has 0 aliphatic carbocycles. The molecule has 0 unspecified atom stereocenters. The van der Waals surface area contributed by atoms with Crippen LogP contribution in [0.1, 0.15) is 29.9 Å². The standard InChI is InChI=1S/C19H24N8O/c1-15(26-9-7-20-14-26)10-21-19(28)13-27-18(22-23-24-27)12-25-8-6-16-4-2-3-5-17(16)11-25/h2-5,7,9,14-15H,6,8,10-13H2,1H3,(H,21,28)/t15-/m1/s1. The van der Waals surface area contributed by atoms with Crippen LogP contribution < -0.4 is 5.32 Å². The molecule has 0 spiro atoms. The smallest absolute Gasteiger partial charge is 0.241 e. The Bertz CT molecular complexity index is 920. The number of imidazole rings is 1. The molecule has 0 radical (unpaired) electrons. The Labute approximate surface area is 163 Å². The fraction of sp³-hybridized carbons (Fsp3) is 0.421. The van der Waals surface area contributed by atoms with Crippen molar-refractivity contribution < 1.29 is 4.79 Å². The van der Waals surface area contributed by atoms with Gasteiger partial charge in [-0.1, -0.05) is 24.3 Å². The van der Waals surface area contributed by atoms with Gasteiger partial charge in [0.25, 0.3) is 0 Å². The number of aromatic nitrogens is 6. The molecule has 3 heterocycles. The maximum absolute atomic E-state index is 12.3. The highest BCUT2D eigenvalue weighted by molar-refractivity contribution is 5.75. The topological polar surface area (TPSA) is 93.8 Å². The van der Waals surface area contributed by atoms with Crippen molar-refractivity contribution in [1.29, 1.82) is 0 Å². The summed E-state index contributed by atoms with van der Waals surface area (Å²) >= 11 is 0. The monoisotopic (exact) mass is 380 g/mol. The Kier molecular flexibility index (Phi) is 5.43. The Hall–Kier alpha value is -3.07. The van der Waals surface area contributed by atoms with Crippen LogP contribution in [-0.4, -0.2) is 53.7 Å². The summed E-state index contributed by atoms with van der Waals surface area (Å²) in [6.45, 7) is 5.12. The highest BCUT2D eigenvalue weighted by Gasteiger charge is 2.19. The second-order valence-electron chi connectivity index (χ2n) is 7.15. The molecular formula is C19H24N8O. The van der Waals surface area contributed by atoms with Crippen LogP contribution in [-0.2, 0) is 30.8 Å². The summed E-state index contributed by atoms with van der Waals surface area (Å²) in [5.74, 6) is 0.599. The van der Waals surface area contributed by atoms with Crippen molar-refractivity contribution in [2.75, 3.05) is 13.1 Å². The molecule has 1 aliphatic heterocycles. The minimum Gasteiger partial charge on any atom is -0.352 e. The summed E-state index contributed by atoms with van der Waals surface area (Å²) in [6.07, 6.45) is 6.37. The summed E-state index contributed by atoms with van der Waals surface area (Å²) in [7, 11) is 0. The summed E-state index contributed by atoms with van der Waals surface area (Å²) < 4.78 is 3.54. The van der Waals surface area contributed by atoms with Crippen molar-refractivity contribution in [2.45, 2.75) is 39.0 Å². The summed E-state index contributed by atoms with van der Waals surface area (Å²) in [6, 6.07) is 8.64. The van der Waals surface area contributed by atoms with Crippen LogP contribution in [0.5, 0.6) is 0 Å². The second kappa shape index (κ2) is 8.30. The molecule has 146 valence electrons. The Morgan fingerprint density at radius 3 is 2.96 bits per heavy atom. The first-order chi connectivity index (χ1) is 13.7. The van der Waals surface area contributed by atoms with E-state index in [1.165, 1.54) is 11.1 Å². The summed E-state index contributed by atoms with van der Waals surface area (Å²) in [4.78, 5) is 18.7. The van der Waals surface area contributed by atoms with Crippen molar-refractivity contribution in [1.82, 2.24) is 40.0 Å². The number of hydrogen-bond acceptors (Lipinski definition) is 6. The molecule has 0 saturated carbocycles. The third-order valence-corrected chi connectivity index (χ3v) is 5.10. The fourth-order valence-electron chi connectivity index (χ4n) is 3.44. The van der Waals surface area contributed by atoms with Crippen molar-refractivity contribution in [2.24, 2.45) is 0 Å². The van der Waals surface area contributed by atoms with Crippen molar-refractivity contribution in [3.05, 3.63) is 59.9 Å². The highest BCUT2D eigenvalue weighted by atomic mass is 16.2. The number of tetrazole rings is 1. The normalized spacial score (nSPS) is 15.2. The van der Waals surface area contributed by atoms with Gasteiger partial charge in [-0.25, -0.2) is 9.67 Å². The quantitative estimate of drug-likeness (QED) is 0.652. The molecule has 9 heteroatoms. The van der Waals surface area contributed by atoms with Crippen LogP contribution in [0.2, 0.25) is 0 Å². The van der Waals surface area contributed by atoms with Gasteiger partial charge >= 0.3 is 0 Å². The molecule has 3 aromatic rings. The second-order valence-corrected chi connectivity index (χ2v) is 7.15. The van der Waals surface area contributed by atoms with Crippen LogP contribution in [0.4, 0.5) is 0 Å². The summed E-state index contributed by atoms with van der Waals surface area (Å²) in [5, 5.41) is 14.8. The SMILES string of the molecule is C[C@H](CNC(=O)Cn1nnnc1CN1CCc2ccccc2C1)n1ccnc1. The Balaban J connectivity index is 1.31. The molecule has 0 fully saturated rings. The van der Waals surface area contributed by atoms with E-state index >= 15 is 0 Å². The van der Waals surface area contributed by atoms with Gasteiger partial charge in [0, 0.05) is 38.1 Å². The number of rotatable bonds is 7.